The Bertz CT molecular complexity index is 1240. The normalized spacial score (nSPS) is 15.4. The number of nitrogens with zero attached hydrogens (tertiary/aromatic N) is 1. The molecule has 1 N–H and O–H groups in total. The minimum absolute atomic E-state index is 0.128. The first-order valence-corrected chi connectivity index (χ1v) is 12.6. The summed E-state index contributed by atoms with van der Waals surface area (Å²) in [6.45, 7) is 4.61. The van der Waals surface area contributed by atoms with Crippen molar-refractivity contribution in [1.82, 2.24) is 5.32 Å². The van der Waals surface area contributed by atoms with Gasteiger partial charge in [-0.3, -0.25) is 9.10 Å². The molecule has 8 heteroatoms. The lowest BCUT2D eigenvalue weighted by atomic mass is 10.0. The molecule has 1 atom stereocenters. The first-order chi connectivity index (χ1) is 16.4. The van der Waals surface area contributed by atoms with Crippen molar-refractivity contribution in [3.05, 3.63) is 84.4 Å². The van der Waals surface area contributed by atoms with Crippen LogP contribution in [-0.4, -0.2) is 40.1 Å². The second-order valence-electron chi connectivity index (χ2n) is 8.26. The summed E-state index contributed by atoms with van der Waals surface area (Å²) in [5.41, 5.74) is 1.51. The fourth-order valence-electron chi connectivity index (χ4n) is 3.82. The number of sulfonamides is 1. The average molecular weight is 481 g/mol. The number of fused-ring (bicyclic) bond motifs is 1. The van der Waals surface area contributed by atoms with Crippen LogP contribution in [0.5, 0.6) is 11.5 Å². The van der Waals surface area contributed by atoms with Crippen molar-refractivity contribution in [3.8, 4) is 11.5 Å². The zero-order valence-corrected chi connectivity index (χ0v) is 20.0. The Morgan fingerprint density at radius 3 is 2.47 bits per heavy atom. The van der Waals surface area contributed by atoms with Gasteiger partial charge < -0.3 is 14.8 Å². The van der Waals surface area contributed by atoms with Crippen LogP contribution in [-0.2, 0) is 14.8 Å². The summed E-state index contributed by atoms with van der Waals surface area (Å²) in [5, 5.41) is 2.80. The van der Waals surface area contributed by atoms with Crippen LogP contribution in [0.4, 0.5) is 5.69 Å². The minimum Gasteiger partial charge on any atom is -0.491 e. The second kappa shape index (κ2) is 10.2. The Balaban J connectivity index is 1.44. The number of amides is 1. The first-order valence-electron chi connectivity index (χ1n) is 11.2. The van der Waals surface area contributed by atoms with Crippen molar-refractivity contribution in [2.75, 3.05) is 24.0 Å². The number of nitrogens with one attached hydrogen (secondary N) is 1. The quantitative estimate of drug-likeness (QED) is 0.494. The molecule has 3 aromatic carbocycles. The molecule has 0 fully saturated rings. The third-order valence-electron chi connectivity index (χ3n) is 5.56. The molecular weight excluding hydrogens is 452 g/mol. The van der Waals surface area contributed by atoms with Crippen molar-refractivity contribution in [1.29, 1.82) is 0 Å². The van der Waals surface area contributed by atoms with Crippen LogP contribution >= 0.6 is 0 Å². The summed E-state index contributed by atoms with van der Waals surface area (Å²) in [6.07, 6.45) is -0.990. The van der Waals surface area contributed by atoms with Crippen LogP contribution in [0, 0.1) is 0 Å². The topological polar surface area (TPSA) is 84.9 Å². The number of hydrogen-bond acceptors (Lipinski definition) is 5. The van der Waals surface area contributed by atoms with Crippen molar-refractivity contribution < 1.29 is 22.7 Å². The lowest BCUT2D eigenvalue weighted by molar-refractivity contribution is -0.127. The third-order valence-corrected chi connectivity index (χ3v) is 7.35. The summed E-state index contributed by atoms with van der Waals surface area (Å²) in [5.74, 6) is 1.05. The average Bonchev–Trinajstić information content (AvgIpc) is 2.86. The van der Waals surface area contributed by atoms with Gasteiger partial charge in [-0.2, -0.15) is 0 Å². The highest BCUT2D eigenvalue weighted by atomic mass is 32.2. The van der Waals surface area contributed by atoms with Crippen molar-refractivity contribution in [2.24, 2.45) is 0 Å². The van der Waals surface area contributed by atoms with Gasteiger partial charge in [-0.05, 0) is 41.8 Å². The fourth-order valence-corrected chi connectivity index (χ4v) is 5.32. The standard InChI is InChI=1S/C26H28N2O5S/c1-19(2)21-12-6-8-14-23(21)32-17-16-27-26(29)25-18-28(22-13-7-9-15-24(22)33-25)34(30,31)20-10-4-3-5-11-20/h3-15,19,25H,16-18H2,1-2H3,(H,27,29). The van der Waals surface area contributed by atoms with Gasteiger partial charge in [-0.1, -0.05) is 62.4 Å². The van der Waals surface area contributed by atoms with Gasteiger partial charge in [-0.25, -0.2) is 8.42 Å². The number of rotatable bonds is 8. The number of para-hydroxylation sites is 3. The maximum atomic E-state index is 13.3. The Morgan fingerprint density at radius 1 is 1.03 bits per heavy atom. The molecule has 3 aromatic rings. The van der Waals surface area contributed by atoms with Gasteiger partial charge in [0.15, 0.2) is 6.10 Å². The summed E-state index contributed by atoms with van der Waals surface area (Å²) in [6, 6.07) is 22.8. The van der Waals surface area contributed by atoms with Crippen molar-refractivity contribution in [3.63, 3.8) is 0 Å². The second-order valence-corrected chi connectivity index (χ2v) is 10.1. The Kier molecular flexibility index (Phi) is 7.07. The molecule has 0 spiro atoms. The van der Waals surface area contributed by atoms with E-state index in [2.05, 4.69) is 19.2 Å². The van der Waals surface area contributed by atoms with Crippen LogP contribution < -0.4 is 19.1 Å². The Hall–Kier alpha value is -3.52. The molecule has 0 aromatic heterocycles. The van der Waals surface area contributed by atoms with E-state index in [1.165, 1.54) is 16.4 Å². The monoisotopic (exact) mass is 480 g/mol. The lowest BCUT2D eigenvalue weighted by Crippen LogP contribution is -2.51. The van der Waals surface area contributed by atoms with E-state index in [-0.39, 0.29) is 24.6 Å². The van der Waals surface area contributed by atoms with Gasteiger partial charge in [0.25, 0.3) is 15.9 Å². The van der Waals surface area contributed by atoms with Crippen molar-refractivity contribution >= 4 is 21.6 Å². The molecule has 7 nitrogen and oxygen atoms in total. The highest BCUT2D eigenvalue weighted by Gasteiger charge is 2.37. The fraction of sp³-hybridized carbons (Fsp3) is 0.269. The van der Waals surface area contributed by atoms with Gasteiger partial charge in [0, 0.05) is 0 Å². The highest BCUT2D eigenvalue weighted by molar-refractivity contribution is 7.92. The molecule has 1 amide bonds. The van der Waals surface area contributed by atoms with Gasteiger partial charge in [0.05, 0.1) is 23.7 Å². The van der Waals surface area contributed by atoms with Crippen LogP contribution in [0.15, 0.2) is 83.8 Å². The lowest BCUT2D eigenvalue weighted by Gasteiger charge is -2.34. The van der Waals surface area contributed by atoms with E-state index in [1.54, 1.807) is 42.5 Å². The predicted molar refractivity (Wildman–Crippen MR) is 131 cm³/mol. The Labute approximate surface area is 200 Å². The van der Waals surface area contributed by atoms with E-state index >= 15 is 0 Å². The zero-order valence-electron chi connectivity index (χ0n) is 19.2. The number of carbonyl (C=O) groups excluding carboxylic acids is 1. The molecule has 0 bridgehead atoms. The van der Waals surface area contributed by atoms with Crippen LogP contribution in [0.2, 0.25) is 0 Å². The van der Waals surface area contributed by atoms with Crippen LogP contribution in [0.3, 0.4) is 0 Å². The molecule has 0 radical (unpaired) electrons. The molecule has 1 heterocycles. The summed E-state index contributed by atoms with van der Waals surface area (Å²) in [7, 11) is -3.87. The third kappa shape index (κ3) is 5.02. The number of ether oxygens (including phenoxy) is 2. The largest absolute Gasteiger partial charge is 0.491 e. The van der Waals surface area contributed by atoms with E-state index in [4.69, 9.17) is 9.47 Å². The highest BCUT2D eigenvalue weighted by Crippen LogP contribution is 2.36. The molecule has 0 saturated heterocycles. The maximum Gasteiger partial charge on any atom is 0.264 e. The molecule has 34 heavy (non-hydrogen) atoms. The number of hydrogen-bond donors (Lipinski definition) is 1. The smallest absolute Gasteiger partial charge is 0.264 e. The van der Waals surface area contributed by atoms with Gasteiger partial charge in [-0.15, -0.1) is 0 Å². The summed E-state index contributed by atoms with van der Waals surface area (Å²) >= 11 is 0. The van der Waals surface area contributed by atoms with E-state index in [9.17, 15) is 13.2 Å². The van der Waals surface area contributed by atoms with Crippen LogP contribution in [0.25, 0.3) is 0 Å². The minimum atomic E-state index is -3.87. The Morgan fingerprint density at radius 2 is 1.71 bits per heavy atom. The van der Waals surface area contributed by atoms with E-state index < -0.39 is 22.0 Å². The zero-order chi connectivity index (χ0) is 24.1. The predicted octanol–water partition coefficient (Wildman–Crippen LogP) is 3.96. The molecule has 0 saturated carbocycles. The van der Waals surface area contributed by atoms with E-state index in [0.717, 1.165) is 11.3 Å². The molecule has 1 unspecified atom stereocenters. The number of anilines is 1. The molecule has 1 aliphatic rings. The maximum absolute atomic E-state index is 13.3. The summed E-state index contributed by atoms with van der Waals surface area (Å²) in [4.78, 5) is 13.0. The molecule has 178 valence electrons. The van der Waals surface area contributed by atoms with E-state index in [1.807, 2.05) is 24.3 Å². The van der Waals surface area contributed by atoms with Gasteiger partial charge in [0.2, 0.25) is 0 Å². The van der Waals surface area contributed by atoms with Gasteiger partial charge >= 0.3 is 0 Å². The van der Waals surface area contributed by atoms with Gasteiger partial charge in [0.1, 0.15) is 18.1 Å². The van der Waals surface area contributed by atoms with Crippen LogP contribution in [0.1, 0.15) is 25.3 Å². The summed E-state index contributed by atoms with van der Waals surface area (Å²) < 4.78 is 39.6. The van der Waals surface area contributed by atoms with Crippen molar-refractivity contribution in [2.45, 2.75) is 30.8 Å². The number of benzene rings is 3. The first kappa shape index (κ1) is 23.6. The SMILES string of the molecule is CC(C)c1ccccc1OCCNC(=O)C1CN(S(=O)(=O)c2ccccc2)c2ccccc2O1. The molecule has 0 aliphatic carbocycles. The molecular formula is C26H28N2O5S. The van der Waals surface area contributed by atoms with E-state index in [0.29, 0.717) is 17.4 Å². The number of carbonyl (C=O) groups is 1. The molecule has 4 rings (SSSR count). The molecule has 1 aliphatic heterocycles.